The van der Waals surface area contributed by atoms with Crippen LogP contribution in [-0.4, -0.2) is 29.9 Å². The number of aromatic nitrogens is 6. The number of rotatable bonds is 10. The summed E-state index contributed by atoms with van der Waals surface area (Å²) >= 11 is 0. The van der Waals surface area contributed by atoms with Gasteiger partial charge in [-0.2, -0.15) is 0 Å². The molecule has 8 heteroatoms. The molecule has 77 heavy (non-hydrogen) atoms. The van der Waals surface area contributed by atoms with Crippen LogP contribution in [0.2, 0.25) is 0 Å². The van der Waals surface area contributed by atoms with Crippen molar-refractivity contribution in [2.75, 3.05) is 9.80 Å². The van der Waals surface area contributed by atoms with Crippen molar-refractivity contribution in [3.63, 3.8) is 0 Å². The molecule has 3 aliphatic carbocycles. The number of fused-ring (bicyclic) bond motifs is 9. The standard InChI is InChI=1S/C69H58N8/c1-43-9-21-49(22-10-43)76(65-72-39-70-40-73-65)51-25-31-57-55-29-19-47(35-61(55)68(5,6)63(57)37-51)15-13-45-17-27-53-54-28-18-46(34-60(54)67(3,4)59(53)33-45)14-16-48-20-30-56-58-32-26-52(38-64(58)69(7,8)62(56)36-48)77(66-74-41-71-42-75-66)50-23-11-44(2)12-24-50/h9-42H,1-8H3/b15-13+,16-14+. The van der Waals surface area contributed by atoms with Crippen LogP contribution in [-0.2, 0) is 16.2 Å². The quantitative estimate of drug-likeness (QED) is 0.125. The van der Waals surface area contributed by atoms with Gasteiger partial charge in [-0.1, -0.05) is 186 Å². The lowest BCUT2D eigenvalue weighted by Crippen LogP contribution is -2.17. The third-order valence-electron chi connectivity index (χ3n) is 16.5. The summed E-state index contributed by atoms with van der Waals surface area (Å²) in [6, 6.07) is 58.2. The Morgan fingerprint density at radius 1 is 0.299 bits per heavy atom. The van der Waals surface area contributed by atoms with Gasteiger partial charge in [-0.25, -0.2) is 29.9 Å². The lowest BCUT2D eigenvalue weighted by atomic mass is 9.81. The first-order chi connectivity index (χ1) is 37.2. The Morgan fingerprint density at radius 3 is 0.831 bits per heavy atom. The second-order valence-corrected chi connectivity index (χ2v) is 22.4. The van der Waals surface area contributed by atoms with Crippen LogP contribution in [0.4, 0.5) is 34.6 Å². The minimum Gasteiger partial charge on any atom is -0.279 e. The van der Waals surface area contributed by atoms with Crippen molar-refractivity contribution >= 4 is 59.0 Å². The highest BCUT2D eigenvalue weighted by Gasteiger charge is 2.39. The Labute approximate surface area is 451 Å². The molecule has 0 saturated carbocycles. The highest BCUT2D eigenvalue weighted by atomic mass is 15.3. The Kier molecular flexibility index (Phi) is 11.1. The lowest BCUT2D eigenvalue weighted by Gasteiger charge is -2.26. The fourth-order valence-corrected chi connectivity index (χ4v) is 12.2. The SMILES string of the molecule is Cc1ccc(N(c2ccc3c(c2)C(C)(C)c2cc(/C=C/c4ccc5c(c4)C(C)(C)c4cc(/C=C/c6ccc7c(c6)C(C)(C)c6cc(N(c8ccc(C)cc8)c8ncncn8)ccc6-7)ccc4-5)ccc2-3)c2ncncn2)cc1. The second-order valence-electron chi connectivity index (χ2n) is 22.4. The molecule has 0 N–H and O–H groups in total. The number of anilines is 6. The van der Waals surface area contributed by atoms with Gasteiger partial charge in [0.2, 0.25) is 11.9 Å². The number of aryl methyl sites for hydroxylation is 2. The molecule has 0 amide bonds. The van der Waals surface area contributed by atoms with Crippen LogP contribution in [0.15, 0.2) is 183 Å². The fraction of sp³-hybridized carbons (Fsp3) is 0.159. The van der Waals surface area contributed by atoms with Crippen LogP contribution < -0.4 is 9.80 Å². The van der Waals surface area contributed by atoms with Crippen molar-refractivity contribution in [1.82, 2.24) is 29.9 Å². The summed E-state index contributed by atoms with van der Waals surface area (Å²) in [5, 5.41) is 0. The molecule has 13 rings (SSSR count). The zero-order valence-corrected chi connectivity index (χ0v) is 44.7. The normalized spacial score (nSPS) is 14.7. The summed E-state index contributed by atoms with van der Waals surface area (Å²) in [4.78, 5) is 30.6. The zero-order chi connectivity index (χ0) is 52.8. The molecule has 0 aliphatic heterocycles. The number of hydrogen-bond acceptors (Lipinski definition) is 8. The van der Waals surface area contributed by atoms with Gasteiger partial charge in [0, 0.05) is 39.0 Å². The minimum atomic E-state index is -0.222. The second kappa shape index (κ2) is 18.0. The van der Waals surface area contributed by atoms with Crippen LogP contribution in [0.5, 0.6) is 0 Å². The first-order valence-corrected chi connectivity index (χ1v) is 26.4. The van der Waals surface area contributed by atoms with E-state index in [2.05, 4.69) is 277 Å². The van der Waals surface area contributed by atoms with Gasteiger partial charge in [0.1, 0.15) is 25.3 Å². The van der Waals surface area contributed by atoms with Crippen molar-refractivity contribution in [1.29, 1.82) is 0 Å². The van der Waals surface area contributed by atoms with E-state index in [9.17, 15) is 0 Å². The van der Waals surface area contributed by atoms with Crippen molar-refractivity contribution < 1.29 is 0 Å². The highest BCUT2D eigenvalue weighted by molar-refractivity contribution is 5.89. The predicted molar refractivity (Wildman–Crippen MR) is 315 cm³/mol. The van der Waals surface area contributed by atoms with Crippen LogP contribution in [0.3, 0.4) is 0 Å². The van der Waals surface area contributed by atoms with Crippen molar-refractivity contribution in [3.05, 3.63) is 250 Å². The number of benzene rings is 8. The molecule has 0 saturated heterocycles. The highest BCUT2D eigenvalue weighted by Crippen LogP contribution is 2.54. The fourth-order valence-electron chi connectivity index (χ4n) is 12.2. The maximum atomic E-state index is 4.56. The molecule has 8 aromatic carbocycles. The van der Waals surface area contributed by atoms with Gasteiger partial charge in [-0.15, -0.1) is 0 Å². The molecule has 0 atom stereocenters. The molecule has 0 fully saturated rings. The molecule has 3 aliphatic rings. The molecule has 0 bridgehead atoms. The largest absolute Gasteiger partial charge is 0.279 e. The number of hydrogen-bond donors (Lipinski definition) is 0. The van der Waals surface area contributed by atoms with E-state index >= 15 is 0 Å². The van der Waals surface area contributed by atoms with Crippen molar-refractivity contribution in [2.45, 2.75) is 71.6 Å². The van der Waals surface area contributed by atoms with E-state index in [-0.39, 0.29) is 16.2 Å². The summed E-state index contributed by atoms with van der Waals surface area (Å²) < 4.78 is 0. The predicted octanol–water partition coefficient (Wildman–Crippen LogP) is 16.9. The van der Waals surface area contributed by atoms with E-state index in [0.29, 0.717) is 11.9 Å². The maximum Gasteiger partial charge on any atom is 0.237 e. The summed E-state index contributed by atoms with van der Waals surface area (Å²) in [6.07, 6.45) is 15.3. The van der Waals surface area contributed by atoms with Gasteiger partial charge >= 0.3 is 0 Å². The smallest absolute Gasteiger partial charge is 0.237 e. The van der Waals surface area contributed by atoms with E-state index in [1.165, 1.54) is 100 Å². The molecule has 0 radical (unpaired) electrons. The Balaban J connectivity index is 0.730. The van der Waals surface area contributed by atoms with E-state index < -0.39 is 0 Å². The van der Waals surface area contributed by atoms with Crippen LogP contribution in [0.1, 0.15) is 108 Å². The monoisotopic (exact) mass is 998 g/mol. The maximum absolute atomic E-state index is 4.56. The molecule has 374 valence electrons. The van der Waals surface area contributed by atoms with Crippen LogP contribution in [0.25, 0.3) is 57.7 Å². The third-order valence-corrected chi connectivity index (χ3v) is 16.5. The van der Waals surface area contributed by atoms with Crippen LogP contribution >= 0.6 is 0 Å². The van der Waals surface area contributed by atoms with Gasteiger partial charge in [-0.3, -0.25) is 9.80 Å². The number of nitrogens with zero attached hydrogens (tertiary/aromatic N) is 8. The van der Waals surface area contributed by atoms with E-state index in [1.54, 1.807) is 25.3 Å². The first kappa shape index (κ1) is 47.6. The summed E-state index contributed by atoms with van der Waals surface area (Å²) in [7, 11) is 0. The van der Waals surface area contributed by atoms with E-state index in [4.69, 9.17) is 0 Å². The average Bonchev–Trinajstić information content (AvgIpc) is 4.11. The molecule has 8 nitrogen and oxygen atoms in total. The molecular formula is C69H58N8. The van der Waals surface area contributed by atoms with E-state index in [1.807, 2.05) is 0 Å². The first-order valence-electron chi connectivity index (χ1n) is 26.4. The topological polar surface area (TPSA) is 83.8 Å². The zero-order valence-electron chi connectivity index (χ0n) is 44.7. The molecule has 2 heterocycles. The summed E-state index contributed by atoms with van der Waals surface area (Å²) in [6.45, 7) is 18.3. The summed E-state index contributed by atoms with van der Waals surface area (Å²) in [5.74, 6) is 1.17. The Morgan fingerprint density at radius 2 is 0.545 bits per heavy atom. The van der Waals surface area contributed by atoms with Gasteiger partial charge in [0.25, 0.3) is 0 Å². The lowest BCUT2D eigenvalue weighted by molar-refractivity contribution is 0.660. The Hall–Kier alpha value is -9.14. The minimum absolute atomic E-state index is 0.167. The average molecular weight is 999 g/mol. The molecule has 0 unspecified atom stereocenters. The summed E-state index contributed by atoms with van der Waals surface area (Å²) in [5.41, 5.74) is 26.2. The van der Waals surface area contributed by atoms with Crippen molar-refractivity contribution in [3.8, 4) is 33.4 Å². The van der Waals surface area contributed by atoms with Gasteiger partial charge < -0.3 is 0 Å². The Bertz CT molecular complexity index is 3760. The van der Waals surface area contributed by atoms with Gasteiger partial charge in [0.05, 0.1) is 0 Å². The van der Waals surface area contributed by atoms with E-state index in [0.717, 1.165) is 22.7 Å². The van der Waals surface area contributed by atoms with Crippen LogP contribution in [0, 0.1) is 13.8 Å². The van der Waals surface area contributed by atoms with Gasteiger partial charge in [0.15, 0.2) is 0 Å². The molecule has 0 spiro atoms. The molecule has 10 aromatic rings. The third kappa shape index (κ3) is 8.06. The van der Waals surface area contributed by atoms with Crippen molar-refractivity contribution in [2.24, 2.45) is 0 Å². The van der Waals surface area contributed by atoms with Gasteiger partial charge in [-0.05, 0) is 151 Å². The molecule has 2 aromatic heterocycles. The molecular weight excluding hydrogens is 941 g/mol.